The summed E-state index contributed by atoms with van der Waals surface area (Å²) < 4.78 is 1.91. The second-order valence-corrected chi connectivity index (χ2v) is 4.47. The lowest BCUT2D eigenvalue weighted by Crippen LogP contribution is -2.31. The van der Waals surface area contributed by atoms with Crippen molar-refractivity contribution in [1.82, 2.24) is 30.3 Å². The molecule has 1 atom stereocenters. The third-order valence-corrected chi connectivity index (χ3v) is 2.99. The fraction of sp³-hybridized carbons (Fsp3) is 0.500. The molecule has 0 bridgehead atoms. The van der Waals surface area contributed by atoms with Crippen molar-refractivity contribution in [2.24, 2.45) is 7.05 Å². The third-order valence-electron chi connectivity index (χ3n) is 2.99. The average Bonchev–Trinajstić information content (AvgIpc) is 2.97. The molecule has 0 fully saturated rings. The number of aryl methyl sites for hydroxylation is 2. The number of hydrogen-bond donors (Lipinski definition) is 2. The van der Waals surface area contributed by atoms with E-state index >= 15 is 0 Å². The number of nitrogens with one attached hydrogen (secondary N) is 2. The lowest BCUT2D eigenvalue weighted by Gasteiger charge is -2.17. The monoisotopic (exact) mass is 262 g/mol. The van der Waals surface area contributed by atoms with Gasteiger partial charge in [0.15, 0.2) is 5.69 Å². The summed E-state index contributed by atoms with van der Waals surface area (Å²) in [6.07, 6.45) is 5.38. The molecule has 0 aromatic carbocycles. The number of aromatic amines is 1. The van der Waals surface area contributed by atoms with Crippen LogP contribution in [0.15, 0.2) is 12.4 Å². The molecule has 7 heteroatoms. The SMILES string of the molecule is CCC[C@@H](NC(=O)c1n[nH]nc1C)c1nccn1C. The lowest BCUT2D eigenvalue weighted by atomic mass is 10.1. The highest BCUT2D eigenvalue weighted by atomic mass is 16.2. The maximum Gasteiger partial charge on any atom is 0.274 e. The Bertz CT molecular complexity index is 558. The Hall–Kier alpha value is -2.18. The van der Waals surface area contributed by atoms with Crippen molar-refractivity contribution in [1.29, 1.82) is 0 Å². The van der Waals surface area contributed by atoms with Crippen LogP contribution in [0.2, 0.25) is 0 Å². The number of H-pyrrole nitrogens is 1. The van der Waals surface area contributed by atoms with Crippen molar-refractivity contribution in [3.05, 3.63) is 29.6 Å². The molecule has 0 aliphatic heterocycles. The molecule has 0 saturated heterocycles. The maximum absolute atomic E-state index is 12.1. The minimum Gasteiger partial charge on any atom is -0.341 e. The molecule has 19 heavy (non-hydrogen) atoms. The van der Waals surface area contributed by atoms with Crippen LogP contribution >= 0.6 is 0 Å². The summed E-state index contributed by atoms with van der Waals surface area (Å²) in [4.78, 5) is 16.4. The molecule has 0 radical (unpaired) electrons. The van der Waals surface area contributed by atoms with E-state index < -0.39 is 0 Å². The average molecular weight is 262 g/mol. The molecular formula is C12H18N6O. The van der Waals surface area contributed by atoms with Crippen molar-refractivity contribution in [3.63, 3.8) is 0 Å². The fourth-order valence-electron chi connectivity index (χ4n) is 1.99. The summed E-state index contributed by atoms with van der Waals surface area (Å²) in [5.74, 6) is 0.615. The highest BCUT2D eigenvalue weighted by Gasteiger charge is 2.21. The van der Waals surface area contributed by atoms with Crippen molar-refractivity contribution in [3.8, 4) is 0 Å². The largest absolute Gasteiger partial charge is 0.341 e. The summed E-state index contributed by atoms with van der Waals surface area (Å²) in [6.45, 7) is 3.82. The molecule has 0 unspecified atom stereocenters. The molecule has 2 rings (SSSR count). The van der Waals surface area contributed by atoms with Gasteiger partial charge in [-0.25, -0.2) is 4.98 Å². The second-order valence-electron chi connectivity index (χ2n) is 4.47. The van der Waals surface area contributed by atoms with E-state index in [2.05, 4.69) is 32.6 Å². The van der Waals surface area contributed by atoms with Crippen LogP contribution in [0.1, 0.15) is 47.8 Å². The summed E-state index contributed by atoms with van der Waals surface area (Å²) in [5, 5.41) is 13.1. The van der Waals surface area contributed by atoms with Crippen LogP contribution in [0.4, 0.5) is 0 Å². The number of imidazole rings is 1. The molecular weight excluding hydrogens is 244 g/mol. The van der Waals surface area contributed by atoms with E-state index in [0.29, 0.717) is 11.4 Å². The van der Waals surface area contributed by atoms with Crippen LogP contribution < -0.4 is 5.32 Å². The first-order valence-corrected chi connectivity index (χ1v) is 6.29. The topological polar surface area (TPSA) is 88.5 Å². The van der Waals surface area contributed by atoms with Crippen LogP contribution in [0.5, 0.6) is 0 Å². The zero-order chi connectivity index (χ0) is 13.8. The van der Waals surface area contributed by atoms with Gasteiger partial charge < -0.3 is 9.88 Å². The van der Waals surface area contributed by atoms with E-state index in [4.69, 9.17) is 0 Å². The molecule has 0 spiro atoms. The first kappa shape index (κ1) is 13.3. The Morgan fingerprint density at radius 3 is 2.84 bits per heavy atom. The zero-order valence-electron chi connectivity index (χ0n) is 11.3. The molecule has 2 aromatic rings. The van der Waals surface area contributed by atoms with Crippen molar-refractivity contribution in [2.75, 3.05) is 0 Å². The molecule has 0 aliphatic rings. The number of hydrogen-bond acceptors (Lipinski definition) is 4. The van der Waals surface area contributed by atoms with Gasteiger partial charge in [-0.1, -0.05) is 13.3 Å². The van der Waals surface area contributed by atoms with Gasteiger partial charge in [-0.3, -0.25) is 4.79 Å². The Morgan fingerprint density at radius 2 is 2.32 bits per heavy atom. The van der Waals surface area contributed by atoms with Gasteiger partial charge in [0.2, 0.25) is 0 Å². The lowest BCUT2D eigenvalue weighted by molar-refractivity contribution is 0.0926. The van der Waals surface area contributed by atoms with Gasteiger partial charge in [-0.15, -0.1) is 0 Å². The molecule has 0 saturated carbocycles. The van der Waals surface area contributed by atoms with Crippen LogP contribution in [0.25, 0.3) is 0 Å². The van der Waals surface area contributed by atoms with Gasteiger partial charge in [0.1, 0.15) is 5.82 Å². The van der Waals surface area contributed by atoms with Crippen molar-refractivity contribution >= 4 is 5.91 Å². The maximum atomic E-state index is 12.1. The smallest absolute Gasteiger partial charge is 0.274 e. The second kappa shape index (κ2) is 5.64. The van der Waals surface area contributed by atoms with E-state index in [0.717, 1.165) is 18.7 Å². The van der Waals surface area contributed by atoms with Crippen LogP contribution in [-0.4, -0.2) is 30.9 Å². The minimum absolute atomic E-state index is 0.117. The number of amides is 1. The number of rotatable bonds is 5. The molecule has 2 N–H and O–H groups in total. The molecule has 7 nitrogen and oxygen atoms in total. The van der Waals surface area contributed by atoms with Gasteiger partial charge in [0.05, 0.1) is 11.7 Å². The highest BCUT2D eigenvalue weighted by molar-refractivity contribution is 5.93. The van der Waals surface area contributed by atoms with Gasteiger partial charge >= 0.3 is 0 Å². The number of carbonyl (C=O) groups excluding carboxylic acids is 1. The van der Waals surface area contributed by atoms with Crippen LogP contribution in [0, 0.1) is 6.92 Å². The van der Waals surface area contributed by atoms with Crippen molar-refractivity contribution in [2.45, 2.75) is 32.7 Å². The van der Waals surface area contributed by atoms with Gasteiger partial charge in [-0.2, -0.15) is 15.4 Å². The minimum atomic E-state index is -0.229. The summed E-state index contributed by atoms with van der Waals surface area (Å²) >= 11 is 0. The van der Waals surface area contributed by atoms with Gasteiger partial charge in [0, 0.05) is 19.4 Å². The molecule has 1 amide bonds. The zero-order valence-corrected chi connectivity index (χ0v) is 11.3. The quantitative estimate of drug-likeness (QED) is 0.845. The molecule has 2 heterocycles. The van der Waals surface area contributed by atoms with E-state index in [9.17, 15) is 4.79 Å². The highest BCUT2D eigenvalue weighted by Crippen LogP contribution is 2.16. The summed E-state index contributed by atoms with van der Waals surface area (Å²) in [5.41, 5.74) is 0.919. The Labute approximate surface area is 111 Å². The van der Waals surface area contributed by atoms with E-state index in [1.54, 1.807) is 13.1 Å². The first-order chi connectivity index (χ1) is 9.13. The Balaban J connectivity index is 2.16. The molecule has 102 valence electrons. The number of nitrogens with zero attached hydrogens (tertiary/aromatic N) is 4. The summed E-state index contributed by atoms with van der Waals surface area (Å²) in [7, 11) is 1.92. The van der Waals surface area contributed by atoms with E-state index in [-0.39, 0.29) is 11.9 Å². The van der Waals surface area contributed by atoms with Crippen molar-refractivity contribution < 1.29 is 4.79 Å². The predicted octanol–water partition coefficient (Wildman–Crippen LogP) is 1.12. The normalized spacial score (nSPS) is 12.4. The van der Waals surface area contributed by atoms with E-state index in [1.807, 2.05) is 17.8 Å². The Kier molecular flexibility index (Phi) is 3.94. The fourth-order valence-corrected chi connectivity index (χ4v) is 1.99. The van der Waals surface area contributed by atoms with Crippen LogP contribution in [-0.2, 0) is 7.05 Å². The molecule has 0 aliphatic carbocycles. The summed E-state index contributed by atoms with van der Waals surface area (Å²) in [6, 6.07) is -0.117. The molecule has 2 aromatic heterocycles. The van der Waals surface area contributed by atoms with Gasteiger partial charge in [-0.05, 0) is 13.3 Å². The first-order valence-electron chi connectivity index (χ1n) is 6.29. The number of aromatic nitrogens is 5. The predicted molar refractivity (Wildman–Crippen MR) is 69.4 cm³/mol. The standard InChI is InChI=1S/C12H18N6O/c1-4-5-9(11-13-6-7-18(11)3)14-12(19)10-8(2)15-17-16-10/h6-7,9H,4-5H2,1-3H3,(H,14,19)(H,15,16,17)/t9-/m1/s1. The van der Waals surface area contributed by atoms with Crippen LogP contribution in [0.3, 0.4) is 0 Å². The third kappa shape index (κ3) is 2.81. The number of carbonyl (C=O) groups is 1. The Morgan fingerprint density at radius 1 is 1.53 bits per heavy atom. The van der Waals surface area contributed by atoms with E-state index in [1.165, 1.54) is 0 Å². The van der Waals surface area contributed by atoms with Gasteiger partial charge in [0.25, 0.3) is 5.91 Å².